The van der Waals surface area contributed by atoms with Crippen LogP contribution in [0.1, 0.15) is 17.5 Å². The monoisotopic (exact) mass is 383 g/mol. The topological polar surface area (TPSA) is 86.5 Å². The lowest BCUT2D eigenvalue weighted by Crippen LogP contribution is -2.01. The van der Waals surface area contributed by atoms with Crippen molar-refractivity contribution in [1.29, 1.82) is 0 Å². The molecule has 0 aliphatic rings. The summed E-state index contributed by atoms with van der Waals surface area (Å²) < 4.78 is 11.6. The van der Waals surface area contributed by atoms with Crippen LogP contribution in [0, 0.1) is 22.0 Å². The third-order valence-corrected chi connectivity index (χ3v) is 4.58. The zero-order chi connectivity index (χ0) is 19.2. The number of ether oxygens (including phenoxy) is 2. The fourth-order valence-electron chi connectivity index (χ4n) is 2.34. The zero-order valence-corrected chi connectivity index (χ0v) is 15.6. The van der Waals surface area contributed by atoms with Gasteiger partial charge in [-0.25, -0.2) is 4.98 Å². The zero-order valence-electron chi connectivity index (χ0n) is 14.8. The van der Waals surface area contributed by atoms with Gasteiger partial charge < -0.3 is 14.8 Å². The molecule has 1 N–H and O–H groups in total. The van der Waals surface area contributed by atoms with Crippen molar-refractivity contribution in [2.75, 3.05) is 25.8 Å². The third-order valence-electron chi connectivity index (χ3n) is 3.65. The highest BCUT2D eigenvalue weighted by Crippen LogP contribution is 2.27. The second kappa shape index (κ2) is 8.49. The number of hydrogen-bond acceptors (Lipinski definition) is 7. The second-order valence-electron chi connectivity index (χ2n) is 5.39. The Morgan fingerprint density at radius 1 is 1.26 bits per heavy atom. The number of fused-ring (bicyclic) bond motifs is 1. The molecule has 0 bridgehead atoms. The molecule has 0 radical (unpaired) electrons. The van der Waals surface area contributed by atoms with E-state index in [0.717, 1.165) is 10.2 Å². The first-order valence-electron chi connectivity index (χ1n) is 8.20. The number of nitrogens with one attached hydrogen (secondary N) is 1. The first kappa shape index (κ1) is 18.6. The molecule has 1 aromatic heterocycles. The predicted octanol–water partition coefficient (Wildman–Crippen LogP) is 4.02. The molecule has 0 saturated carbocycles. The lowest BCUT2D eigenvalue weighted by atomic mass is 10.2. The first-order valence-corrected chi connectivity index (χ1v) is 9.01. The summed E-state index contributed by atoms with van der Waals surface area (Å²) in [5.41, 5.74) is 1.82. The van der Waals surface area contributed by atoms with Crippen LogP contribution in [0.4, 0.5) is 11.4 Å². The fourth-order valence-corrected chi connectivity index (χ4v) is 3.19. The molecule has 3 aromatic rings. The van der Waals surface area contributed by atoms with Gasteiger partial charge in [0.15, 0.2) is 11.8 Å². The minimum atomic E-state index is -0.432. The maximum Gasteiger partial charge on any atom is 0.293 e. The minimum absolute atomic E-state index is 0.00955. The van der Waals surface area contributed by atoms with Crippen molar-refractivity contribution in [1.82, 2.24) is 4.98 Å². The Hall–Kier alpha value is -3.15. The van der Waals surface area contributed by atoms with Crippen LogP contribution in [0.5, 0.6) is 5.75 Å². The summed E-state index contributed by atoms with van der Waals surface area (Å²) in [4.78, 5) is 15.2. The Morgan fingerprint density at radius 3 is 2.85 bits per heavy atom. The Kier molecular flexibility index (Phi) is 5.86. The van der Waals surface area contributed by atoms with E-state index in [2.05, 4.69) is 22.1 Å². The van der Waals surface area contributed by atoms with E-state index in [-0.39, 0.29) is 12.5 Å². The van der Waals surface area contributed by atoms with E-state index in [1.54, 1.807) is 19.2 Å². The van der Waals surface area contributed by atoms with Crippen LogP contribution in [-0.2, 0) is 4.74 Å². The van der Waals surface area contributed by atoms with Crippen molar-refractivity contribution >= 4 is 32.9 Å². The van der Waals surface area contributed by atoms with Gasteiger partial charge >= 0.3 is 0 Å². The van der Waals surface area contributed by atoms with Gasteiger partial charge in [0.05, 0.1) is 15.1 Å². The van der Waals surface area contributed by atoms with E-state index in [1.807, 2.05) is 25.1 Å². The number of aromatic nitrogens is 1. The van der Waals surface area contributed by atoms with E-state index in [4.69, 9.17) is 9.47 Å². The molecule has 7 nitrogen and oxygen atoms in total. The summed E-state index contributed by atoms with van der Waals surface area (Å²) in [6.45, 7) is 2.70. The van der Waals surface area contributed by atoms with E-state index < -0.39 is 4.92 Å². The Morgan fingerprint density at radius 2 is 2.11 bits per heavy atom. The van der Waals surface area contributed by atoms with Gasteiger partial charge in [-0.3, -0.25) is 10.1 Å². The van der Waals surface area contributed by atoms with Gasteiger partial charge in [-0.15, -0.1) is 11.3 Å². The van der Waals surface area contributed by atoms with Gasteiger partial charge in [-0.1, -0.05) is 5.92 Å². The quantitative estimate of drug-likeness (QED) is 0.227. The summed E-state index contributed by atoms with van der Waals surface area (Å²) in [7, 11) is 1.64. The second-order valence-corrected chi connectivity index (χ2v) is 6.42. The molecule has 27 heavy (non-hydrogen) atoms. The number of hydrogen-bond donors (Lipinski definition) is 1. The summed E-state index contributed by atoms with van der Waals surface area (Å²) in [6.07, 6.45) is 0. The van der Waals surface area contributed by atoms with Crippen LogP contribution in [-0.4, -0.2) is 30.4 Å². The lowest BCUT2D eigenvalue weighted by molar-refractivity contribution is -0.384. The third kappa shape index (κ3) is 4.53. The molecule has 1 heterocycles. The van der Waals surface area contributed by atoms with Crippen LogP contribution < -0.4 is 10.1 Å². The van der Waals surface area contributed by atoms with Crippen LogP contribution in [0.3, 0.4) is 0 Å². The highest BCUT2D eigenvalue weighted by atomic mass is 32.1. The molecule has 0 fully saturated rings. The van der Waals surface area contributed by atoms with E-state index in [9.17, 15) is 10.1 Å². The number of nitro benzene ring substituents is 1. The lowest BCUT2D eigenvalue weighted by Gasteiger charge is -2.04. The molecule has 8 heteroatoms. The molecule has 0 atom stereocenters. The number of thiazole rings is 1. The summed E-state index contributed by atoms with van der Waals surface area (Å²) in [5.74, 6) is 6.62. The molecule has 0 unspecified atom stereocenters. The van der Waals surface area contributed by atoms with Gasteiger partial charge in [0.25, 0.3) is 5.69 Å². The molecule has 3 rings (SSSR count). The summed E-state index contributed by atoms with van der Waals surface area (Å²) in [6, 6.07) is 10.4. The molecular weight excluding hydrogens is 366 g/mol. The van der Waals surface area contributed by atoms with Gasteiger partial charge in [0.2, 0.25) is 0 Å². The molecule has 0 amide bonds. The number of nitrogens with zero attached hydrogens (tertiary/aromatic N) is 2. The number of nitro groups is 1. The van der Waals surface area contributed by atoms with Gasteiger partial charge in [0.1, 0.15) is 11.4 Å². The number of rotatable bonds is 6. The summed E-state index contributed by atoms with van der Waals surface area (Å²) in [5, 5.41) is 14.6. The molecule has 2 aromatic carbocycles. The maximum absolute atomic E-state index is 11.1. The number of benzene rings is 2. The minimum Gasteiger partial charge on any atom is -0.468 e. The highest BCUT2D eigenvalue weighted by molar-refractivity contribution is 7.19. The normalized spacial score (nSPS) is 10.3. The smallest absolute Gasteiger partial charge is 0.293 e. The van der Waals surface area contributed by atoms with Crippen molar-refractivity contribution in [3.8, 4) is 17.6 Å². The Balaban J connectivity index is 1.83. The average molecular weight is 383 g/mol. The van der Waals surface area contributed by atoms with Crippen LogP contribution in [0.2, 0.25) is 0 Å². The average Bonchev–Trinajstić information content (AvgIpc) is 3.08. The van der Waals surface area contributed by atoms with E-state index >= 15 is 0 Å². The molecule has 0 aliphatic carbocycles. The van der Waals surface area contributed by atoms with Crippen molar-refractivity contribution in [2.24, 2.45) is 0 Å². The Labute approximate surface area is 160 Å². The molecule has 0 aliphatic heterocycles. The maximum atomic E-state index is 11.1. The fraction of sp³-hybridized carbons (Fsp3) is 0.211. The van der Waals surface area contributed by atoms with E-state index in [0.29, 0.717) is 28.6 Å². The Bertz CT molecular complexity index is 1040. The van der Waals surface area contributed by atoms with Crippen LogP contribution in [0.15, 0.2) is 36.4 Å². The van der Waals surface area contributed by atoms with Gasteiger partial charge in [-0.2, -0.15) is 0 Å². The largest absolute Gasteiger partial charge is 0.468 e. The summed E-state index contributed by atoms with van der Waals surface area (Å²) >= 11 is 1.44. The standard InChI is InChI=1S/C19H17N3O4S/c1-3-25-12-26-14-6-8-16-18(11-14)27-19(21-16)9-5-13-4-7-15(20-2)17(10-13)22(23)24/h4,6-8,10-11,20H,3,12H2,1-2H3. The van der Waals surface area contributed by atoms with Crippen molar-refractivity contribution < 1.29 is 14.4 Å². The first-order chi connectivity index (χ1) is 13.1. The van der Waals surface area contributed by atoms with Gasteiger partial charge in [0, 0.05) is 25.3 Å². The molecular formula is C19H17N3O4S. The van der Waals surface area contributed by atoms with Crippen molar-refractivity contribution in [3.05, 3.63) is 57.1 Å². The van der Waals surface area contributed by atoms with Gasteiger partial charge in [-0.05, 0) is 43.2 Å². The van der Waals surface area contributed by atoms with Crippen LogP contribution in [0.25, 0.3) is 10.2 Å². The van der Waals surface area contributed by atoms with Crippen LogP contribution >= 0.6 is 11.3 Å². The molecule has 0 saturated heterocycles. The van der Waals surface area contributed by atoms with Crippen molar-refractivity contribution in [2.45, 2.75) is 6.92 Å². The van der Waals surface area contributed by atoms with Crippen molar-refractivity contribution in [3.63, 3.8) is 0 Å². The SMILES string of the molecule is CCOCOc1ccc2nc(C#Cc3ccc(NC)c([N+](=O)[O-])c3)sc2c1. The predicted molar refractivity (Wildman–Crippen MR) is 105 cm³/mol. The molecule has 0 spiro atoms. The molecule has 138 valence electrons. The van der Waals surface area contributed by atoms with E-state index in [1.165, 1.54) is 17.4 Å². The number of anilines is 1. The highest BCUT2D eigenvalue weighted by Gasteiger charge is 2.12.